The molecule has 0 radical (unpaired) electrons. The minimum absolute atomic E-state index is 0.0742. The highest BCUT2D eigenvalue weighted by atomic mass is 16.5. The van der Waals surface area contributed by atoms with Gasteiger partial charge in [0.05, 0.1) is 12.5 Å². The highest BCUT2D eigenvalue weighted by Crippen LogP contribution is 2.13. The van der Waals surface area contributed by atoms with Gasteiger partial charge in [0.25, 0.3) is 5.91 Å². The van der Waals surface area contributed by atoms with Gasteiger partial charge in [-0.2, -0.15) is 0 Å². The SMILES string of the molecule is Cc1ccccc1CC(=O)Nc1ccc(C(=O)NCC2CCCO2)cc1. The molecule has 0 saturated carbocycles. The smallest absolute Gasteiger partial charge is 0.251 e. The van der Waals surface area contributed by atoms with E-state index in [9.17, 15) is 9.59 Å². The lowest BCUT2D eigenvalue weighted by Crippen LogP contribution is -2.31. The van der Waals surface area contributed by atoms with Gasteiger partial charge in [0, 0.05) is 24.4 Å². The number of aryl methyl sites for hydroxylation is 1. The summed E-state index contributed by atoms with van der Waals surface area (Å²) < 4.78 is 5.50. The van der Waals surface area contributed by atoms with E-state index in [1.54, 1.807) is 24.3 Å². The van der Waals surface area contributed by atoms with E-state index in [1.807, 2.05) is 31.2 Å². The van der Waals surface area contributed by atoms with Crippen molar-refractivity contribution in [3.8, 4) is 0 Å². The van der Waals surface area contributed by atoms with Crippen LogP contribution in [0.5, 0.6) is 0 Å². The largest absolute Gasteiger partial charge is 0.376 e. The zero-order valence-corrected chi connectivity index (χ0v) is 15.0. The zero-order chi connectivity index (χ0) is 18.4. The van der Waals surface area contributed by atoms with Crippen LogP contribution in [-0.2, 0) is 16.0 Å². The van der Waals surface area contributed by atoms with E-state index in [0.29, 0.717) is 24.2 Å². The molecule has 1 heterocycles. The minimum atomic E-state index is -0.127. The molecule has 1 fully saturated rings. The minimum Gasteiger partial charge on any atom is -0.376 e. The third-order valence-electron chi connectivity index (χ3n) is 4.56. The van der Waals surface area contributed by atoms with Crippen LogP contribution < -0.4 is 10.6 Å². The van der Waals surface area contributed by atoms with Crippen molar-refractivity contribution in [2.45, 2.75) is 32.3 Å². The molecule has 5 heteroatoms. The van der Waals surface area contributed by atoms with Crippen LogP contribution in [-0.4, -0.2) is 31.1 Å². The lowest BCUT2D eigenvalue weighted by atomic mass is 10.1. The van der Waals surface area contributed by atoms with Crippen LogP contribution in [0.15, 0.2) is 48.5 Å². The number of ether oxygens (including phenoxy) is 1. The Balaban J connectivity index is 1.51. The molecule has 2 aromatic carbocycles. The van der Waals surface area contributed by atoms with Crippen molar-refractivity contribution in [2.24, 2.45) is 0 Å². The monoisotopic (exact) mass is 352 g/mol. The predicted octanol–water partition coefficient (Wildman–Crippen LogP) is 3.09. The number of carbonyl (C=O) groups is 2. The molecule has 1 aliphatic rings. The summed E-state index contributed by atoms with van der Waals surface area (Å²) in [5.41, 5.74) is 3.36. The van der Waals surface area contributed by atoms with Crippen LogP contribution in [0.1, 0.15) is 34.3 Å². The number of nitrogens with one attached hydrogen (secondary N) is 2. The van der Waals surface area contributed by atoms with Crippen LogP contribution in [0.2, 0.25) is 0 Å². The van der Waals surface area contributed by atoms with E-state index in [0.717, 1.165) is 30.6 Å². The quantitative estimate of drug-likeness (QED) is 0.839. The number of anilines is 1. The summed E-state index contributed by atoms with van der Waals surface area (Å²) in [5, 5.41) is 5.76. The highest BCUT2D eigenvalue weighted by Gasteiger charge is 2.16. The van der Waals surface area contributed by atoms with E-state index < -0.39 is 0 Å². The van der Waals surface area contributed by atoms with Crippen molar-refractivity contribution in [3.05, 3.63) is 65.2 Å². The van der Waals surface area contributed by atoms with Gasteiger partial charge in [-0.25, -0.2) is 0 Å². The second-order valence-corrected chi connectivity index (χ2v) is 6.57. The average Bonchev–Trinajstić information content (AvgIpc) is 3.16. The molecule has 26 heavy (non-hydrogen) atoms. The molecule has 1 saturated heterocycles. The summed E-state index contributed by atoms with van der Waals surface area (Å²) in [7, 11) is 0. The summed E-state index contributed by atoms with van der Waals surface area (Å²) in [6, 6.07) is 14.8. The lowest BCUT2D eigenvalue weighted by molar-refractivity contribution is -0.115. The average molecular weight is 352 g/mol. The Hall–Kier alpha value is -2.66. The van der Waals surface area contributed by atoms with Crippen LogP contribution in [0.4, 0.5) is 5.69 Å². The summed E-state index contributed by atoms with van der Waals surface area (Å²) in [4.78, 5) is 24.4. The predicted molar refractivity (Wildman–Crippen MR) is 101 cm³/mol. The van der Waals surface area contributed by atoms with Crippen molar-refractivity contribution in [2.75, 3.05) is 18.5 Å². The summed E-state index contributed by atoms with van der Waals surface area (Å²) in [6.45, 7) is 3.30. The lowest BCUT2D eigenvalue weighted by Gasteiger charge is -2.11. The summed E-state index contributed by atoms with van der Waals surface area (Å²) in [5.74, 6) is -0.201. The maximum atomic E-state index is 12.2. The van der Waals surface area contributed by atoms with Crippen LogP contribution >= 0.6 is 0 Å². The van der Waals surface area contributed by atoms with Gasteiger partial charge in [-0.05, 0) is 55.2 Å². The number of rotatable bonds is 6. The van der Waals surface area contributed by atoms with Gasteiger partial charge >= 0.3 is 0 Å². The van der Waals surface area contributed by atoms with Crippen molar-refractivity contribution in [1.29, 1.82) is 0 Å². The van der Waals surface area contributed by atoms with E-state index in [4.69, 9.17) is 4.74 Å². The summed E-state index contributed by atoms with van der Waals surface area (Å²) in [6.07, 6.45) is 2.50. The van der Waals surface area contributed by atoms with Crippen LogP contribution in [0.3, 0.4) is 0 Å². The van der Waals surface area contributed by atoms with Crippen molar-refractivity contribution >= 4 is 17.5 Å². The molecule has 2 N–H and O–H groups in total. The zero-order valence-electron chi connectivity index (χ0n) is 15.0. The molecular weight excluding hydrogens is 328 g/mol. The molecule has 0 spiro atoms. The molecule has 0 aromatic heterocycles. The number of hydrogen-bond acceptors (Lipinski definition) is 3. The molecule has 0 aliphatic carbocycles. The Morgan fingerprint density at radius 3 is 2.58 bits per heavy atom. The topological polar surface area (TPSA) is 67.4 Å². The second-order valence-electron chi connectivity index (χ2n) is 6.57. The first-order chi connectivity index (χ1) is 12.6. The standard InChI is InChI=1S/C21H24N2O3/c1-15-5-2-3-6-17(15)13-20(24)23-18-10-8-16(9-11-18)21(25)22-14-19-7-4-12-26-19/h2-3,5-6,8-11,19H,4,7,12-14H2,1H3,(H,22,25)(H,23,24). The van der Waals surface area contributed by atoms with E-state index in [1.165, 1.54) is 0 Å². The molecule has 0 bridgehead atoms. The molecule has 2 aromatic rings. The highest BCUT2D eigenvalue weighted by molar-refractivity contribution is 5.96. The fourth-order valence-electron chi connectivity index (χ4n) is 3.01. The first-order valence-corrected chi connectivity index (χ1v) is 8.96. The van der Waals surface area contributed by atoms with Crippen molar-refractivity contribution in [1.82, 2.24) is 5.32 Å². The van der Waals surface area contributed by atoms with Crippen LogP contribution in [0, 0.1) is 6.92 Å². The Morgan fingerprint density at radius 1 is 1.12 bits per heavy atom. The normalized spacial score (nSPS) is 16.3. The fourth-order valence-corrected chi connectivity index (χ4v) is 3.01. The van der Waals surface area contributed by atoms with E-state index >= 15 is 0 Å². The van der Waals surface area contributed by atoms with Crippen molar-refractivity contribution < 1.29 is 14.3 Å². The third kappa shape index (κ3) is 4.92. The molecule has 1 unspecified atom stereocenters. The van der Waals surface area contributed by atoms with Gasteiger partial charge in [0.15, 0.2) is 0 Å². The van der Waals surface area contributed by atoms with Gasteiger partial charge < -0.3 is 15.4 Å². The third-order valence-corrected chi connectivity index (χ3v) is 4.56. The molecule has 1 atom stereocenters. The van der Waals surface area contributed by atoms with Gasteiger partial charge in [-0.3, -0.25) is 9.59 Å². The first kappa shape index (κ1) is 18.1. The van der Waals surface area contributed by atoms with Crippen LogP contribution in [0.25, 0.3) is 0 Å². The van der Waals surface area contributed by atoms with E-state index in [-0.39, 0.29) is 17.9 Å². The molecule has 3 rings (SSSR count). The molecule has 5 nitrogen and oxygen atoms in total. The Kier molecular flexibility index (Phi) is 6.02. The molecule has 1 aliphatic heterocycles. The molecule has 136 valence electrons. The number of amides is 2. The van der Waals surface area contributed by atoms with Gasteiger partial charge in [-0.1, -0.05) is 24.3 Å². The van der Waals surface area contributed by atoms with Gasteiger partial charge in [0.2, 0.25) is 5.91 Å². The van der Waals surface area contributed by atoms with Crippen molar-refractivity contribution in [3.63, 3.8) is 0 Å². The number of hydrogen-bond donors (Lipinski definition) is 2. The second kappa shape index (κ2) is 8.63. The fraction of sp³-hybridized carbons (Fsp3) is 0.333. The maximum absolute atomic E-state index is 12.2. The Labute approximate surface area is 153 Å². The van der Waals surface area contributed by atoms with E-state index in [2.05, 4.69) is 10.6 Å². The number of benzene rings is 2. The van der Waals surface area contributed by atoms with Gasteiger partial charge in [0.1, 0.15) is 0 Å². The molecular formula is C21H24N2O3. The number of carbonyl (C=O) groups excluding carboxylic acids is 2. The first-order valence-electron chi connectivity index (χ1n) is 8.96. The summed E-state index contributed by atoms with van der Waals surface area (Å²) >= 11 is 0. The molecule has 2 amide bonds. The Bertz CT molecular complexity index is 765. The van der Waals surface area contributed by atoms with Gasteiger partial charge in [-0.15, -0.1) is 0 Å². The Morgan fingerprint density at radius 2 is 1.88 bits per heavy atom. The maximum Gasteiger partial charge on any atom is 0.251 e.